The Bertz CT molecular complexity index is 1850. The van der Waals surface area contributed by atoms with Crippen molar-refractivity contribution < 1.29 is 85.3 Å². The van der Waals surface area contributed by atoms with Crippen molar-refractivity contribution in [3.05, 3.63) is 12.7 Å². The molecule has 10 N–H and O–H groups in total. The Balaban J connectivity index is 1.49. The molecule has 0 spiro atoms. The number of imidazole rings is 1. The van der Waals surface area contributed by atoms with Gasteiger partial charge >= 0.3 is 23.5 Å². The normalized spacial score (nSPS) is 21.8. The minimum absolute atomic E-state index is 0.0240. The molecule has 2 aromatic heterocycles. The summed E-state index contributed by atoms with van der Waals surface area (Å²) in [5, 5.41) is 26.2. The maximum absolute atomic E-state index is 12.6. The maximum Gasteiger partial charge on any atom is 0.481 e. The van der Waals surface area contributed by atoms with Crippen LogP contribution in [0.3, 0.4) is 0 Å². The van der Waals surface area contributed by atoms with Crippen LogP contribution >= 0.6 is 51.2 Å². The van der Waals surface area contributed by atoms with Gasteiger partial charge in [0.25, 0.3) is 0 Å². The molecule has 1 fully saturated rings. The van der Waals surface area contributed by atoms with Gasteiger partial charge in [0.1, 0.15) is 36.3 Å². The van der Waals surface area contributed by atoms with Gasteiger partial charge in [-0.25, -0.2) is 28.6 Å². The van der Waals surface area contributed by atoms with Crippen LogP contribution < -0.4 is 16.4 Å². The number of alkyl halides is 1. The highest BCUT2D eigenvalue weighted by Crippen LogP contribution is 2.61. The van der Waals surface area contributed by atoms with Gasteiger partial charge in [0, 0.05) is 30.7 Å². The minimum atomic E-state index is -5.58. The zero-order chi connectivity index (χ0) is 41.4. The highest BCUT2D eigenvalue weighted by Gasteiger charge is 2.50. The van der Waals surface area contributed by atoms with Crippen molar-refractivity contribution in [2.45, 2.75) is 50.9 Å². The summed E-state index contributed by atoms with van der Waals surface area (Å²) in [5.41, 5.74) is 4.22. The molecule has 0 aromatic carbocycles. The summed E-state index contributed by atoms with van der Waals surface area (Å²) in [4.78, 5) is 98.1. The number of hydrogen-bond donors (Lipinski definition) is 9. The number of Topliss-reactive ketones (excluding diaryl/α,β-unsaturated/α-hetero) is 2. The number of carbonyl (C=O) groups is 4. The zero-order valence-corrected chi connectivity index (χ0v) is 33.9. The van der Waals surface area contributed by atoms with E-state index in [1.54, 1.807) is 0 Å². The number of ether oxygens (including phenoxy) is 1. The standard InChI is InChI=1S/C25H39BrN7O18P3S/c1-25(2,20(38)23(39)29-4-3-16(36)28-5-6-55-9-14(35)13(34)7-26)10-48-54(45,46)51-53(43,44)47-8-15-19(50-52(40,41)42)18(37)24(49-15)33-12-32-17-21(27)30-11-31-22(17)33/h11-12,15,18-20,24,37-38H,3-10H2,1-2H3,(H,28,36)(H,29,39)(H,43,44)(H,45,46)(H2,27,30,31)(H2,40,41,42). The number of phosphoric acid groups is 3. The molecule has 1 aliphatic rings. The Kier molecular flexibility index (Phi) is 17.1. The Labute approximate surface area is 324 Å². The zero-order valence-electron chi connectivity index (χ0n) is 28.8. The molecule has 0 saturated carbocycles. The lowest BCUT2D eigenvalue weighted by Gasteiger charge is -2.30. The Morgan fingerprint density at radius 2 is 1.73 bits per heavy atom. The maximum atomic E-state index is 12.6. The van der Waals surface area contributed by atoms with Gasteiger partial charge in [-0.15, -0.1) is 0 Å². The van der Waals surface area contributed by atoms with Crippen molar-refractivity contribution in [1.82, 2.24) is 30.2 Å². The quantitative estimate of drug-likeness (QED) is 0.0270. The number of rotatable bonds is 23. The lowest BCUT2D eigenvalue weighted by molar-refractivity contribution is -0.137. The monoisotopic (exact) mass is 929 g/mol. The molecule has 3 rings (SSSR count). The second-order valence-corrected chi connectivity index (χ2v) is 18.0. The summed E-state index contributed by atoms with van der Waals surface area (Å²) in [6.45, 7) is 0.379. The molecule has 7 unspecified atom stereocenters. The predicted molar refractivity (Wildman–Crippen MR) is 191 cm³/mol. The fourth-order valence-electron chi connectivity index (χ4n) is 4.52. The van der Waals surface area contributed by atoms with Gasteiger partial charge < -0.3 is 50.9 Å². The van der Waals surface area contributed by atoms with E-state index in [0.29, 0.717) is 5.75 Å². The van der Waals surface area contributed by atoms with Crippen LogP contribution in [-0.4, -0.2) is 140 Å². The second-order valence-electron chi connectivity index (χ2n) is 12.1. The van der Waals surface area contributed by atoms with Crippen molar-refractivity contribution in [3.8, 4) is 0 Å². The average molecular weight is 931 g/mol. The number of thioether (sulfide) groups is 1. The number of nitrogens with one attached hydrogen (secondary N) is 2. The third-order valence-electron chi connectivity index (χ3n) is 7.31. The molecule has 0 bridgehead atoms. The van der Waals surface area contributed by atoms with E-state index in [-0.39, 0.29) is 47.6 Å². The highest BCUT2D eigenvalue weighted by molar-refractivity contribution is 9.09. The Morgan fingerprint density at radius 1 is 1.05 bits per heavy atom. The number of phosphoric ester groups is 3. The SMILES string of the molecule is CC(C)(COP(=O)(O)OP(=O)(O)OCC1OC(n2cnc3c(N)ncnc32)C(O)C1OP(=O)(O)O)C(O)C(=O)NCCC(=O)NCCSCC(=O)C(=O)CBr. The van der Waals surface area contributed by atoms with E-state index < -0.39 is 96.1 Å². The molecule has 55 heavy (non-hydrogen) atoms. The minimum Gasteiger partial charge on any atom is -0.386 e. The summed E-state index contributed by atoms with van der Waals surface area (Å²) in [6, 6.07) is 0. The van der Waals surface area contributed by atoms with E-state index in [9.17, 15) is 62.7 Å². The number of aromatic nitrogens is 4. The van der Waals surface area contributed by atoms with Gasteiger partial charge in [-0.05, 0) is 0 Å². The second kappa shape index (κ2) is 19.9. The molecule has 310 valence electrons. The van der Waals surface area contributed by atoms with Crippen LogP contribution in [0, 0.1) is 5.41 Å². The van der Waals surface area contributed by atoms with Crippen molar-refractivity contribution in [3.63, 3.8) is 0 Å². The van der Waals surface area contributed by atoms with E-state index in [2.05, 4.69) is 50.3 Å². The summed E-state index contributed by atoms with van der Waals surface area (Å²) < 4.78 is 61.9. The molecular weight excluding hydrogens is 891 g/mol. The first kappa shape index (κ1) is 47.1. The topological polar surface area (TPSA) is 381 Å². The number of fused-ring (bicyclic) bond motifs is 1. The molecule has 2 aromatic rings. The number of nitrogens with two attached hydrogens (primary N) is 1. The molecular formula is C25H39BrN7O18P3S. The molecule has 2 amide bonds. The fraction of sp³-hybridized carbons (Fsp3) is 0.640. The number of carbonyl (C=O) groups excluding carboxylic acids is 4. The van der Waals surface area contributed by atoms with Gasteiger partial charge in [-0.1, -0.05) is 29.8 Å². The van der Waals surface area contributed by atoms with Crippen LogP contribution in [0.25, 0.3) is 11.2 Å². The van der Waals surface area contributed by atoms with E-state index in [1.165, 1.54) is 13.8 Å². The van der Waals surface area contributed by atoms with E-state index in [1.807, 2.05) is 0 Å². The largest absolute Gasteiger partial charge is 0.481 e. The third kappa shape index (κ3) is 14.2. The number of amides is 2. The van der Waals surface area contributed by atoms with Gasteiger partial charge in [-0.2, -0.15) is 16.1 Å². The molecule has 1 saturated heterocycles. The number of halogens is 1. The van der Waals surface area contributed by atoms with Crippen molar-refractivity contribution in [1.29, 1.82) is 0 Å². The van der Waals surface area contributed by atoms with Crippen molar-refractivity contribution in [2.24, 2.45) is 5.41 Å². The molecule has 0 aliphatic carbocycles. The number of aliphatic hydroxyl groups excluding tert-OH is 2. The van der Waals surface area contributed by atoms with E-state index in [0.717, 1.165) is 29.0 Å². The molecule has 25 nitrogen and oxygen atoms in total. The number of nitrogens with zero attached hydrogens (tertiary/aromatic N) is 4. The van der Waals surface area contributed by atoms with Gasteiger partial charge in [0.05, 0.1) is 30.6 Å². The number of anilines is 1. The molecule has 30 heteroatoms. The first-order chi connectivity index (χ1) is 25.5. The van der Waals surface area contributed by atoms with Crippen molar-refractivity contribution >= 4 is 91.5 Å². The summed E-state index contributed by atoms with van der Waals surface area (Å²) in [6.07, 6.45) is -7.00. The van der Waals surface area contributed by atoms with Crippen LogP contribution in [0.1, 0.15) is 26.5 Å². The van der Waals surface area contributed by atoms with Crippen LogP contribution in [0.4, 0.5) is 5.82 Å². The van der Waals surface area contributed by atoms with Crippen LogP contribution in [0.15, 0.2) is 12.7 Å². The number of hydrogen-bond acceptors (Lipinski definition) is 19. The van der Waals surface area contributed by atoms with Gasteiger partial charge in [-0.3, -0.25) is 37.3 Å². The molecule has 0 radical (unpaired) electrons. The lowest BCUT2D eigenvalue weighted by Crippen LogP contribution is -2.46. The average Bonchev–Trinajstić information content (AvgIpc) is 3.65. The van der Waals surface area contributed by atoms with Gasteiger partial charge in [0.2, 0.25) is 23.4 Å². The molecule has 3 heterocycles. The van der Waals surface area contributed by atoms with Gasteiger partial charge in [0.15, 0.2) is 17.7 Å². The molecule has 7 atom stereocenters. The smallest absolute Gasteiger partial charge is 0.386 e. The fourth-order valence-corrected chi connectivity index (χ4v) is 8.40. The van der Waals surface area contributed by atoms with Crippen LogP contribution in [0.2, 0.25) is 0 Å². The molecule has 1 aliphatic heterocycles. The number of aliphatic hydroxyl groups is 2. The summed E-state index contributed by atoms with van der Waals surface area (Å²) in [7, 11) is -16.4. The van der Waals surface area contributed by atoms with Crippen LogP contribution in [-0.2, 0) is 55.5 Å². The first-order valence-corrected chi connectivity index (χ1v) is 22.4. The van der Waals surface area contributed by atoms with Crippen molar-refractivity contribution in [2.75, 3.05) is 48.9 Å². The van der Waals surface area contributed by atoms with E-state index >= 15 is 0 Å². The number of nitrogen functional groups attached to an aromatic ring is 1. The third-order valence-corrected chi connectivity index (χ3v) is 11.9. The predicted octanol–water partition coefficient (Wildman–Crippen LogP) is -1.33. The first-order valence-electron chi connectivity index (χ1n) is 15.6. The summed E-state index contributed by atoms with van der Waals surface area (Å²) >= 11 is 4.04. The number of ketones is 2. The lowest BCUT2D eigenvalue weighted by atomic mass is 9.87. The Morgan fingerprint density at radius 3 is 2.38 bits per heavy atom. The highest BCUT2D eigenvalue weighted by atomic mass is 79.9. The van der Waals surface area contributed by atoms with Crippen LogP contribution in [0.5, 0.6) is 0 Å². The summed E-state index contributed by atoms with van der Waals surface area (Å²) in [5.74, 6) is -2.33. The Hall–Kier alpha value is -2.29. The van der Waals surface area contributed by atoms with E-state index in [4.69, 9.17) is 19.5 Å².